The summed E-state index contributed by atoms with van der Waals surface area (Å²) in [6.07, 6.45) is 1.63. The molecule has 13 nitrogen and oxygen atoms in total. The predicted molar refractivity (Wildman–Crippen MR) is 165 cm³/mol. The van der Waals surface area contributed by atoms with Crippen LogP contribution in [-0.2, 0) is 29.3 Å². The molecular weight excluding hydrogens is 661 g/mol. The van der Waals surface area contributed by atoms with E-state index in [-0.39, 0.29) is 53.5 Å². The first-order valence-corrected chi connectivity index (χ1v) is 18.0. The Balaban J connectivity index is 1.17. The molecule has 0 saturated carbocycles. The number of halogens is 2. The van der Waals surface area contributed by atoms with E-state index in [1.54, 1.807) is 16.7 Å². The largest absolute Gasteiger partial charge is 0.399 e. The number of hydrogen-bond donors (Lipinski definition) is 4. The molecule has 0 unspecified atom stereocenters. The van der Waals surface area contributed by atoms with Crippen LogP contribution in [0, 0.1) is 5.92 Å². The molecule has 0 spiro atoms. The second-order valence-corrected chi connectivity index (χ2v) is 15.8. The number of carbonyl (C=O) groups excluding carboxylic acids is 4. The maximum atomic E-state index is 14.3. The fraction of sp³-hybridized carbons (Fsp3) is 0.600. The normalized spacial score (nSPS) is 27.7. The molecule has 1 aromatic carbocycles. The van der Waals surface area contributed by atoms with E-state index < -0.39 is 48.3 Å². The molecule has 4 amide bonds. The SMILES string of the molecule is C[C@@]1(O)CC[C@H]2CC[C@@H](C(=O)N3CC(C(=O)N4CCOCC4)C3)N2C(=O)[C@@H](NC(=O)c2cc3cc(C(F)(F)P(=O)(O)O)ccc3s2)C1. The number of amides is 4. The van der Waals surface area contributed by atoms with Crippen molar-refractivity contribution in [1.82, 2.24) is 20.0 Å². The number of carbonyl (C=O) groups is 4. The second-order valence-electron chi connectivity index (χ2n) is 13.1. The van der Waals surface area contributed by atoms with Gasteiger partial charge in [-0.15, -0.1) is 11.3 Å². The van der Waals surface area contributed by atoms with Crippen molar-refractivity contribution in [3.63, 3.8) is 0 Å². The van der Waals surface area contributed by atoms with Gasteiger partial charge in [0.15, 0.2) is 0 Å². The highest BCUT2D eigenvalue weighted by atomic mass is 32.1. The number of hydrogen-bond acceptors (Lipinski definition) is 8. The lowest BCUT2D eigenvalue weighted by Crippen LogP contribution is -2.63. The van der Waals surface area contributed by atoms with Crippen LogP contribution in [0.2, 0.25) is 0 Å². The van der Waals surface area contributed by atoms with Crippen LogP contribution in [0.25, 0.3) is 10.1 Å². The molecule has 4 aliphatic heterocycles. The van der Waals surface area contributed by atoms with E-state index >= 15 is 0 Å². The highest BCUT2D eigenvalue weighted by Gasteiger charge is 2.51. The summed E-state index contributed by atoms with van der Waals surface area (Å²) in [4.78, 5) is 77.2. The fourth-order valence-electron chi connectivity index (χ4n) is 6.95. The number of morpholine rings is 1. The quantitative estimate of drug-likeness (QED) is 0.328. The van der Waals surface area contributed by atoms with E-state index in [1.807, 2.05) is 0 Å². The van der Waals surface area contributed by atoms with E-state index in [2.05, 4.69) is 5.32 Å². The van der Waals surface area contributed by atoms with Crippen LogP contribution in [0.4, 0.5) is 8.78 Å². The minimum Gasteiger partial charge on any atom is -0.390 e. The van der Waals surface area contributed by atoms with Gasteiger partial charge in [-0.25, -0.2) is 0 Å². The predicted octanol–water partition coefficient (Wildman–Crippen LogP) is 1.84. The van der Waals surface area contributed by atoms with Gasteiger partial charge in [0.2, 0.25) is 17.7 Å². The summed E-state index contributed by atoms with van der Waals surface area (Å²) in [5.74, 6) is -1.78. The van der Waals surface area contributed by atoms with Gasteiger partial charge in [-0.05, 0) is 56.2 Å². The van der Waals surface area contributed by atoms with Crippen molar-refractivity contribution in [3.8, 4) is 0 Å². The van der Waals surface area contributed by atoms with E-state index in [1.165, 1.54) is 17.0 Å². The van der Waals surface area contributed by atoms with Gasteiger partial charge in [0.05, 0.1) is 29.6 Å². The molecule has 1 aromatic heterocycles. The summed E-state index contributed by atoms with van der Waals surface area (Å²) >= 11 is 0.946. The van der Waals surface area contributed by atoms with Gasteiger partial charge in [-0.2, -0.15) is 8.78 Å². The lowest BCUT2D eigenvalue weighted by Gasteiger charge is -2.44. The number of benzene rings is 1. The number of fused-ring (bicyclic) bond motifs is 2. The van der Waals surface area contributed by atoms with Crippen LogP contribution in [-0.4, -0.2) is 116 Å². The average Bonchev–Trinajstić information content (AvgIpc) is 3.62. The zero-order valence-electron chi connectivity index (χ0n) is 25.6. The molecule has 17 heteroatoms. The van der Waals surface area contributed by atoms with Crippen LogP contribution in [0.3, 0.4) is 0 Å². The fourth-order valence-corrected chi connectivity index (χ4v) is 8.37. The van der Waals surface area contributed by atoms with E-state index in [9.17, 15) is 37.6 Å². The van der Waals surface area contributed by atoms with Gasteiger partial charge in [0, 0.05) is 48.9 Å². The first-order chi connectivity index (χ1) is 22.1. The third kappa shape index (κ3) is 6.55. The number of rotatable bonds is 6. The van der Waals surface area contributed by atoms with Crippen molar-refractivity contribution in [1.29, 1.82) is 0 Å². The second kappa shape index (κ2) is 12.5. The van der Waals surface area contributed by atoms with Gasteiger partial charge < -0.3 is 39.6 Å². The molecule has 4 saturated heterocycles. The molecular formula is C30H37F2N4O9PS. The lowest BCUT2D eigenvalue weighted by atomic mass is 9.87. The number of thiophene rings is 1. The third-order valence-corrected chi connectivity index (χ3v) is 11.7. The third-order valence-electron chi connectivity index (χ3n) is 9.62. The summed E-state index contributed by atoms with van der Waals surface area (Å²) in [5, 5.41) is 13.9. The van der Waals surface area contributed by atoms with Crippen molar-refractivity contribution in [2.24, 2.45) is 5.92 Å². The molecule has 5 heterocycles. The van der Waals surface area contributed by atoms with E-state index in [0.29, 0.717) is 56.7 Å². The van der Waals surface area contributed by atoms with E-state index in [4.69, 9.17) is 14.5 Å². The van der Waals surface area contributed by atoms with Crippen molar-refractivity contribution in [3.05, 3.63) is 34.7 Å². The topological polar surface area (TPSA) is 177 Å². The van der Waals surface area contributed by atoms with E-state index in [0.717, 1.165) is 23.5 Å². The molecule has 256 valence electrons. The Bertz CT molecular complexity index is 1640. The number of aliphatic hydroxyl groups is 1. The highest BCUT2D eigenvalue weighted by Crippen LogP contribution is 2.59. The molecule has 2 aromatic rings. The molecule has 6 rings (SSSR count). The Hall–Kier alpha value is -3.01. The Morgan fingerprint density at radius 2 is 1.77 bits per heavy atom. The smallest absolute Gasteiger partial charge is 0.390 e. The molecule has 4 atom stereocenters. The average molecular weight is 699 g/mol. The maximum Gasteiger partial charge on any atom is 0.399 e. The molecule has 0 radical (unpaired) electrons. The number of nitrogens with zero attached hydrogens (tertiary/aromatic N) is 3. The number of nitrogens with one attached hydrogen (secondary N) is 1. The molecule has 0 aliphatic carbocycles. The Morgan fingerprint density at radius 1 is 1.06 bits per heavy atom. The number of alkyl halides is 2. The first kappa shape index (κ1) is 33.9. The van der Waals surface area contributed by atoms with Crippen LogP contribution in [0.5, 0.6) is 0 Å². The molecule has 0 bridgehead atoms. The maximum absolute atomic E-state index is 14.3. The number of ether oxygens (including phenoxy) is 1. The van der Waals surface area contributed by atoms with Crippen molar-refractivity contribution < 1.29 is 52.2 Å². The van der Waals surface area contributed by atoms with Gasteiger partial charge in [0.25, 0.3) is 5.91 Å². The molecule has 47 heavy (non-hydrogen) atoms. The Labute approximate surface area is 273 Å². The minimum absolute atomic E-state index is 0.0121. The monoisotopic (exact) mass is 698 g/mol. The summed E-state index contributed by atoms with van der Waals surface area (Å²) in [6.45, 7) is 4.11. The van der Waals surface area contributed by atoms with Crippen LogP contribution >= 0.6 is 18.9 Å². The van der Waals surface area contributed by atoms with Crippen LogP contribution in [0.15, 0.2) is 24.3 Å². The minimum atomic E-state index is -5.79. The van der Waals surface area contributed by atoms with Crippen molar-refractivity contribution in [2.75, 3.05) is 39.4 Å². The summed E-state index contributed by atoms with van der Waals surface area (Å²) in [5.41, 5.74) is -6.61. The molecule has 4 fully saturated rings. The lowest BCUT2D eigenvalue weighted by molar-refractivity contribution is -0.157. The summed E-state index contributed by atoms with van der Waals surface area (Å²) < 4.78 is 45.7. The summed E-state index contributed by atoms with van der Waals surface area (Å²) in [6, 6.07) is 2.04. The Morgan fingerprint density at radius 3 is 2.45 bits per heavy atom. The highest BCUT2D eigenvalue weighted by molar-refractivity contribution is 7.52. The zero-order chi connectivity index (χ0) is 33.9. The van der Waals surface area contributed by atoms with Crippen LogP contribution in [0.1, 0.15) is 54.3 Å². The standard InChI is InChI=1S/C30H37F2N4O9PS/c1-29(41)7-6-20-3-4-22(28(40)35-15-18(16-35)26(38)34-8-10-45-11-9-34)36(20)27(39)21(14-29)33-25(37)24-13-17-12-19(2-5-23(17)47-24)30(31,32)46(42,43)44/h2,5,12-13,18,20-22,41H,3-4,6-11,14-16H2,1H3,(H,33,37)(H2,42,43,44)/t20-,21+,22+,29-/m1/s1. The van der Waals surface area contributed by atoms with Gasteiger partial charge in [-0.3, -0.25) is 23.7 Å². The van der Waals surface area contributed by atoms with Gasteiger partial charge in [-0.1, -0.05) is 6.07 Å². The molecule has 4 aliphatic rings. The van der Waals surface area contributed by atoms with Gasteiger partial charge in [0.1, 0.15) is 12.1 Å². The summed E-state index contributed by atoms with van der Waals surface area (Å²) in [7, 11) is -5.79. The van der Waals surface area contributed by atoms with Crippen molar-refractivity contribution >= 4 is 52.6 Å². The molecule has 4 N–H and O–H groups in total. The van der Waals surface area contributed by atoms with Gasteiger partial charge >= 0.3 is 13.3 Å². The number of likely N-dealkylation sites (tertiary alicyclic amines) is 1. The van der Waals surface area contributed by atoms with Crippen LogP contribution < -0.4 is 5.32 Å². The van der Waals surface area contributed by atoms with Crippen molar-refractivity contribution in [2.45, 2.75) is 68.4 Å². The first-order valence-electron chi connectivity index (χ1n) is 15.5. The zero-order valence-corrected chi connectivity index (χ0v) is 27.4. The Kier molecular flexibility index (Phi) is 8.98.